The number of hydrogen-bond donors (Lipinski definition) is 0. The van der Waals surface area contributed by atoms with Gasteiger partial charge in [-0.25, -0.2) is 0 Å². The van der Waals surface area contributed by atoms with Gasteiger partial charge in [0.1, 0.15) is 0 Å². The number of rotatable bonds is 2. The van der Waals surface area contributed by atoms with Crippen LogP contribution in [0.25, 0.3) is 0 Å². The molecule has 1 heterocycles. The Bertz CT molecular complexity index is 82.4. The first-order valence-corrected chi connectivity index (χ1v) is 3.67. The number of likely N-dealkylation sites (tertiary alicyclic amines) is 1. The van der Waals surface area contributed by atoms with Gasteiger partial charge >= 0.3 is 0 Å². The van der Waals surface area contributed by atoms with Crippen molar-refractivity contribution < 1.29 is 0 Å². The Morgan fingerprint density at radius 2 is 2.00 bits per heavy atom. The molecule has 2 rings (SSSR count). The van der Waals surface area contributed by atoms with Crippen LogP contribution in [-0.2, 0) is 0 Å². The first-order valence-electron chi connectivity index (χ1n) is 3.67. The average Bonchev–Trinajstić information content (AvgIpc) is 2.36. The van der Waals surface area contributed by atoms with E-state index in [-0.39, 0.29) is 0 Å². The largest absolute Gasteiger partial charge is 0.303 e. The zero-order valence-corrected chi connectivity index (χ0v) is 5.27. The zero-order valence-electron chi connectivity index (χ0n) is 5.27. The maximum absolute atomic E-state index is 2.57. The van der Waals surface area contributed by atoms with E-state index in [1.165, 1.54) is 38.9 Å². The first-order chi connectivity index (χ1) is 3.95. The fraction of sp³-hybridized carbons (Fsp3) is 1.00. The third kappa shape index (κ3) is 0.873. The molecule has 2 fully saturated rings. The highest BCUT2D eigenvalue weighted by Gasteiger charge is 2.26. The molecule has 46 valence electrons. The van der Waals surface area contributed by atoms with E-state index in [9.17, 15) is 0 Å². The molecule has 0 bridgehead atoms. The minimum atomic E-state index is 1.11. The van der Waals surface area contributed by atoms with Gasteiger partial charge in [0.05, 0.1) is 0 Å². The van der Waals surface area contributed by atoms with Crippen LogP contribution in [0, 0.1) is 5.92 Å². The smallest absolute Gasteiger partial charge is 0.000968 e. The summed E-state index contributed by atoms with van der Waals surface area (Å²) in [6.07, 6.45) is 4.47. The molecular formula is C7H13N. The van der Waals surface area contributed by atoms with E-state index >= 15 is 0 Å². The molecule has 0 aromatic rings. The van der Waals surface area contributed by atoms with Gasteiger partial charge in [-0.05, 0) is 38.3 Å². The topological polar surface area (TPSA) is 3.24 Å². The third-order valence-electron chi connectivity index (χ3n) is 2.16. The lowest BCUT2D eigenvalue weighted by atomic mass is 10.2. The molecule has 8 heavy (non-hydrogen) atoms. The monoisotopic (exact) mass is 111 g/mol. The summed E-state index contributed by atoms with van der Waals surface area (Å²) >= 11 is 0. The van der Waals surface area contributed by atoms with Crippen LogP contribution in [0.4, 0.5) is 0 Å². The Kier molecular flexibility index (Phi) is 1.04. The van der Waals surface area contributed by atoms with E-state index in [4.69, 9.17) is 0 Å². The minimum Gasteiger partial charge on any atom is -0.303 e. The second-order valence-electron chi connectivity index (χ2n) is 3.10. The van der Waals surface area contributed by atoms with E-state index in [1.807, 2.05) is 0 Å². The average molecular weight is 111 g/mol. The molecule has 1 aliphatic heterocycles. The fourth-order valence-corrected chi connectivity index (χ4v) is 1.23. The molecular weight excluding hydrogens is 98.1 g/mol. The number of hydrogen-bond acceptors (Lipinski definition) is 1. The lowest BCUT2D eigenvalue weighted by Crippen LogP contribution is -2.38. The Labute approximate surface area is 50.7 Å². The van der Waals surface area contributed by atoms with Crippen LogP contribution in [-0.4, -0.2) is 24.5 Å². The molecule has 0 aromatic carbocycles. The van der Waals surface area contributed by atoms with Gasteiger partial charge in [-0.3, -0.25) is 0 Å². The molecule has 0 unspecified atom stereocenters. The molecule has 0 spiro atoms. The van der Waals surface area contributed by atoms with Crippen molar-refractivity contribution in [1.29, 1.82) is 0 Å². The molecule has 0 N–H and O–H groups in total. The molecule has 0 amide bonds. The summed E-state index contributed by atoms with van der Waals surface area (Å²) in [7, 11) is 0. The van der Waals surface area contributed by atoms with Crippen LogP contribution in [0.5, 0.6) is 0 Å². The Morgan fingerprint density at radius 1 is 1.25 bits per heavy atom. The van der Waals surface area contributed by atoms with Crippen LogP contribution in [0.3, 0.4) is 0 Å². The summed E-state index contributed by atoms with van der Waals surface area (Å²) in [4.78, 5) is 2.57. The summed E-state index contributed by atoms with van der Waals surface area (Å²) in [5, 5.41) is 0. The van der Waals surface area contributed by atoms with Crippen molar-refractivity contribution in [2.45, 2.75) is 19.3 Å². The Balaban J connectivity index is 1.66. The van der Waals surface area contributed by atoms with Crippen LogP contribution < -0.4 is 0 Å². The fourth-order valence-electron chi connectivity index (χ4n) is 1.23. The molecule has 1 saturated carbocycles. The van der Waals surface area contributed by atoms with E-state index in [0.29, 0.717) is 0 Å². The molecule has 0 radical (unpaired) electrons. The normalized spacial score (nSPS) is 30.0. The van der Waals surface area contributed by atoms with Gasteiger partial charge in [-0.15, -0.1) is 0 Å². The summed E-state index contributed by atoms with van der Waals surface area (Å²) in [5.74, 6) is 1.11. The highest BCUT2D eigenvalue weighted by Crippen LogP contribution is 2.30. The van der Waals surface area contributed by atoms with Gasteiger partial charge < -0.3 is 4.90 Å². The minimum absolute atomic E-state index is 1.11. The second kappa shape index (κ2) is 1.73. The lowest BCUT2D eigenvalue weighted by Gasteiger charge is -2.30. The Morgan fingerprint density at radius 3 is 2.38 bits per heavy atom. The van der Waals surface area contributed by atoms with E-state index in [2.05, 4.69) is 4.90 Å². The highest BCUT2D eigenvalue weighted by atomic mass is 15.2. The maximum atomic E-state index is 2.57. The van der Waals surface area contributed by atoms with Crippen molar-refractivity contribution >= 4 is 0 Å². The Hall–Kier alpha value is -0.0400. The van der Waals surface area contributed by atoms with Gasteiger partial charge in [0.25, 0.3) is 0 Å². The van der Waals surface area contributed by atoms with Gasteiger partial charge in [0.2, 0.25) is 0 Å². The second-order valence-corrected chi connectivity index (χ2v) is 3.10. The van der Waals surface area contributed by atoms with Crippen LogP contribution in [0.15, 0.2) is 0 Å². The van der Waals surface area contributed by atoms with Gasteiger partial charge in [0, 0.05) is 6.54 Å². The zero-order chi connectivity index (χ0) is 5.40. The first kappa shape index (κ1) is 4.80. The standard InChI is InChI=1S/C7H13N/c1-4-8(5-1)6-7-2-3-7/h7H,1-6H2. The van der Waals surface area contributed by atoms with E-state index in [0.717, 1.165) is 5.92 Å². The summed E-state index contributed by atoms with van der Waals surface area (Å²) in [5.41, 5.74) is 0. The summed E-state index contributed by atoms with van der Waals surface area (Å²) < 4.78 is 0. The van der Waals surface area contributed by atoms with Crippen molar-refractivity contribution in [2.75, 3.05) is 19.6 Å². The molecule has 1 heteroatoms. The van der Waals surface area contributed by atoms with Crippen molar-refractivity contribution in [2.24, 2.45) is 5.92 Å². The van der Waals surface area contributed by atoms with Crippen molar-refractivity contribution in [3.05, 3.63) is 0 Å². The van der Waals surface area contributed by atoms with Crippen LogP contribution >= 0.6 is 0 Å². The quantitative estimate of drug-likeness (QED) is 0.516. The van der Waals surface area contributed by atoms with Crippen LogP contribution in [0.2, 0.25) is 0 Å². The number of nitrogens with zero attached hydrogens (tertiary/aromatic N) is 1. The van der Waals surface area contributed by atoms with E-state index in [1.54, 1.807) is 0 Å². The summed E-state index contributed by atoms with van der Waals surface area (Å²) in [6, 6.07) is 0. The maximum Gasteiger partial charge on any atom is 0.000968 e. The van der Waals surface area contributed by atoms with Gasteiger partial charge in [-0.2, -0.15) is 0 Å². The van der Waals surface area contributed by atoms with Crippen molar-refractivity contribution in [1.82, 2.24) is 4.90 Å². The third-order valence-corrected chi connectivity index (χ3v) is 2.16. The molecule has 0 aromatic heterocycles. The van der Waals surface area contributed by atoms with Crippen molar-refractivity contribution in [3.8, 4) is 0 Å². The molecule has 1 nitrogen and oxygen atoms in total. The van der Waals surface area contributed by atoms with Crippen molar-refractivity contribution in [3.63, 3.8) is 0 Å². The predicted octanol–water partition coefficient (Wildman–Crippen LogP) is 1.10. The molecule has 2 aliphatic rings. The van der Waals surface area contributed by atoms with Gasteiger partial charge in [0.15, 0.2) is 0 Å². The van der Waals surface area contributed by atoms with E-state index < -0.39 is 0 Å². The predicted molar refractivity (Wildman–Crippen MR) is 33.8 cm³/mol. The molecule has 1 saturated heterocycles. The molecule has 0 atom stereocenters. The van der Waals surface area contributed by atoms with Gasteiger partial charge in [-0.1, -0.05) is 0 Å². The molecule has 1 aliphatic carbocycles. The SMILES string of the molecule is C1CN(CC2CC2)C1. The van der Waals surface area contributed by atoms with Crippen LogP contribution in [0.1, 0.15) is 19.3 Å². The summed E-state index contributed by atoms with van der Waals surface area (Å²) in [6.45, 7) is 4.19. The lowest BCUT2D eigenvalue weighted by molar-refractivity contribution is 0.174. The highest BCUT2D eigenvalue weighted by molar-refractivity contribution is 4.80.